The first-order chi connectivity index (χ1) is 7.95. The summed E-state index contributed by atoms with van der Waals surface area (Å²) < 4.78 is 5.15. The molecule has 3 nitrogen and oxygen atoms in total. The number of rotatable bonds is 4. The molecule has 0 aromatic carbocycles. The Morgan fingerprint density at radius 3 is 2.65 bits per heavy atom. The molecule has 1 heterocycles. The zero-order valence-electron chi connectivity index (χ0n) is 12.3. The summed E-state index contributed by atoms with van der Waals surface area (Å²) in [5.41, 5.74) is 0.337. The number of nitrogens with one attached hydrogen (secondary N) is 1. The molecule has 102 valence electrons. The van der Waals surface area contributed by atoms with Gasteiger partial charge in [0.1, 0.15) is 0 Å². The Labute approximate surface area is 107 Å². The zero-order valence-corrected chi connectivity index (χ0v) is 12.3. The van der Waals surface area contributed by atoms with Crippen molar-refractivity contribution in [2.45, 2.75) is 52.6 Å². The van der Waals surface area contributed by atoms with Crippen molar-refractivity contribution in [2.75, 3.05) is 33.4 Å². The molecule has 0 spiro atoms. The monoisotopic (exact) mass is 242 g/mol. The van der Waals surface area contributed by atoms with Crippen molar-refractivity contribution in [3.8, 4) is 0 Å². The largest absolute Gasteiger partial charge is 0.385 e. The van der Waals surface area contributed by atoms with Crippen LogP contribution in [0.3, 0.4) is 0 Å². The Balaban J connectivity index is 2.53. The van der Waals surface area contributed by atoms with E-state index in [0.29, 0.717) is 17.5 Å². The molecule has 1 aliphatic rings. The minimum atomic E-state index is 0.337. The second kappa shape index (κ2) is 6.72. The predicted molar refractivity (Wildman–Crippen MR) is 73.4 cm³/mol. The summed E-state index contributed by atoms with van der Waals surface area (Å²) in [7, 11) is 1.78. The first kappa shape index (κ1) is 14.9. The predicted octanol–water partition coefficient (Wildman–Crippen LogP) is 2.12. The first-order valence-corrected chi connectivity index (χ1v) is 6.91. The van der Waals surface area contributed by atoms with Crippen molar-refractivity contribution in [1.29, 1.82) is 0 Å². The van der Waals surface area contributed by atoms with Crippen molar-refractivity contribution in [2.24, 2.45) is 5.41 Å². The summed E-state index contributed by atoms with van der Waals surface area (Å²) in [6, 6.07) is 1.28. The molecule has 1 saturated heterocycles. The summed E-state index contributed by atoms with van der Waals surface area (Å²) >= 11 is 0. The van der Waals surface area contributed by atoms with E-state index in [4.69, 9.17) is 4.74 Å². The molecule has 2 unspecified atom stereocenters. The molecular formula is C14H30N2O. The van der Waals surface area contributed by atoms with Gasteiger partial charge in [-0.15, -0.1) is 0 Å². The van der Waals surface area contributed by atoms with Gasteiger partial charge in [-0.1, -0.05) is 20.8 Å². The summed E-state index contributed by atoms with van der Waals surface area (Å²) in [6.45, 7) is 13.7. The van der Waals surface area contributed by atoms with E-state index < -0.39 is 0 Å². The summed E-state index contributed by atoms with van der Waals surface area (Å²) in [5.74, 6) is 0. The van der Waals surface area contributed by atoms with Gasteiger partial charge in [-0.2, -0.15) is 0 Å². The second-order valence-corrected chi connectivity index (χ2v) is 6.35. The van der Waals surface area contributed by atoms with Gasteiger partial charge in [0, 0.05) is 38.9 Å². The van der Waals surface area contributed by atoms with Crippen LogP contribution in [0.4, 0.5) is 0 Å². The fourth-order valence-electron chi connectivity index (χ4n) is 2.43. The van der Waals surface area contributed by atoms with Gasteiger partial charge in [-0.05, 0) is 31.7 Å². The van der Waals surface area contributed by atoms with E-state index in [1.54, 1.807) is 7.11 Å². The molecule has 0 aliphatic carbocycles. The van der Waals surface area contributed by atoms with Crippen molar-refractivity contribution in [3.63, 3.8) is 0 Å². The number of hydrogen-bond acceptors (Lipinski definition) is 3. The standard InChI is InChI=1S/C14H30N2O/c1-12-7-8-15-13(14(2,3)4)11-16(12)9-6-10-17-5/h12-13,15H,6-11H2,1-5H3. The van der Waals surface area contributed by atoms with E-state index in [1.807, 2.05) is 0 Å². The quantitative estimate of drug-likeness (QED) is 0.764. The fraction of sp³-hybridized carbons (Fsp3) is 1.00. The smallest absolute Gasteiger partial charge is 0.0474 e. The molecule has 1 fully saturated rings. The molecule has 0 aromatic heterocycles. The van der Waals surface area contributed by atoms with E-state index >= 15 is 0 Å². The second-order valence-electron chi connectivity index (χ2n) is 6.35. The maximum Gasteiger partial charge on any atom is 0.0474 e. The number of methoxy groups -OCH3 is 1. The lowest BCUT2D eigenvalue weighted by molar-refractivity contribution is 0.136. The van der Waals surface area contributed by atoms with Crippen molar-refractivity contribution >= 4 is 0 Å². The van der Waals surface area contributed by atoms with Gasteiger partial charge in [-0.3, -0.25) is 4.90 Å². The van der Waals surface area contributed by atoms with Crippen LogP contribution < -0.4 is 5.32 Å². The van der Waals surface area contributed by atoms with Gasteiger partial charge in [0.25, 0.3) is 0 Å². The van der Waals surface area contributed by atoms with E-state index in [-0.39, 0.29) is 0 Å². The summed E-state index contributed by atoms with van der Waals surface area (Å²) in [5, 5.41) is 3.70. The summed E-state index contributed by atoms with van der Waals surface area (Å²) in [4.78, 5) is 2.62. The highest BCUT2D eigenvalue weighted by Gasteiger charge is 2.30. The fourth-order valence-corrected chi connectivity index (χ4v) is 2.43. The van der Waals surface area contributed by atoms with Crippen LogP contribution in [0.25, 0.3) is 0 Å². The minimum absolute atomic E-state index is 0.337. The normalized spacial score (nSPS) is 28.1. The third-order valence-electron chi connectivity index (χ3n) is 3.83. The molecule has 2 atom stereocenters. The molecule has 1 rings (SSSR count). The Morgan fingerprint density at radius 1 is 1.35 bits per heavy atom. The Hall–Kier alpha value is -0.120. The van der Waals surface area contributed by atoms with Crippen LogP contribution in [0, 0.1) is 5.41 Å². The SMILES string of the molecule is COCCCN1CC(C(C)(C)C)NCCC1C. The third-order valence-corrected chi connectivity index (χ3v) is 3.83. The topological polar surface area (TPSA) is 24.5 Å². The molecule has 1 N–H and O–H groups in total. The molecule has 17 heavy (non-hydrogen) atoms. The van der Waals surface area contributed by atoms with Crippen LogP contribution in [-0.4, -0.2) is 50.3 Å². The van der Waals surface area contributed by atoms with Gasteiger partial charge < -0.3 is 10.1 Å². The van der Waals surface area contributed by atoms with E-state index in [2.05, 4.69) is 37.9 Å². The molecule has 0 saturated carbocycles. The molecule has 3 heteroatoms. The van der Waals surface area contributed by atoms with Crippen LogP contribution in [0.1, 0.15) is 40.5 Å². The van der Waals surface area contributed by atoms with Crippen LogP contribution in [-0.2, 0) is 4.74 Å². The Bertz CT molecular complexity index is 213. The average molecular weight is 242 g/mol. The molecule has 0 amide bonds. The lowest BCUT2D eigenvalue weighted by atomic mass is 9.86. The Morgan fingerprint density at radius 2 is 2.06 bits per heavy atom. The van der Waals surface area contributed by atoms with Gasteiger partial charge in [-0.25, -0.2) is 0 Å². The van der Waals surface area contributed by atoms with Crippen LogP contribution in [0.15, 0.2) is 0 Å². The maximum atomic E-state index is 5.15. The molecular weight excluding hydrogens is 212 g/mol. The maximum absolute atomic E-state index is 5.15. The molecule has 0 bridgehead atoms. The van der Waals surface area contributed by atoms with Crippen molar-refractivity contribution < 1.29 is 4.74 Å². The van der Waals surface area contributed by atoms with Gasteiger partial charge >= 0.3 is 0 Å². The third kappa shape index (κ3) is 4.94. The minimum Gasteiger partial charge on any atom is -0.385 e. The van der Waals surface area contributed by atoms with E-state index in [9.17, 15) is 0 Å². The van der Waals surface area contributed by atoms with Gasteiger partial charge in [0.2, 0.25) is 0 Å². The lowest BCUT2D eigenvalue weighted by Gasteiger charge is -2.35. The Kier molecular flexibility index (Phi) is 5.90. The lowest BCUT2D eigenvalue weighted by Crippen LogP contribution is -2.47. The van der Waals surface area contributed by atoms with Crippen LogP contribution in [0.5, 0.6) is 0 Å². The van der Waals surface area contributed by atoms with Crippen LogP contribution >= 0.6 is 0 Å². The van der Waals surface area contributed by atoms with Crippen molar-refractivity contribution in [1.82, 2.24) is 10.2 Å². The zero-order chi connectivity index (χ0) is 12.9. The average Bonchev–Trinajstić information content (AvgIpc) is 2.41. The van der Waals surface area contributed by atoms with E-state index in [1.165, 1.54) is 6.42 Å². The number of ether oxygens (including phenoxy) is 1. The highest BCUT2D eigenvalue weighted by molar-refractivity contribution is 4.88. The highest BCUT2D eigenvalue weighted by atomic mass is 16.5. The van der Waals surface area contributed by atoms with Crippen molar-refractivity contribution in [3.05, 3.63) is 0 Å². The molecule has 1 aliphatic heterocycles. The molecule has 0 aromatic rings. The summed E-state index contributed by atoms with van der Waals surface area (Å²) in [6.07, 6.45) is 2.39. The highest BCUT2D eigenvalue weighted by Crippen LogP contribution is 2.23. The first-order valence-electron chi connectivity index (χ1n) is 6.91. The van der Waals surface area contributed by atoms with Crippen LogP contribution in [0.2, 0.25) is 0 Å². The number of nitrogens with zero attached hydrogens (tertiary/aromatic N) is 1. The van der Waals surface area contributed by atoms with E-state index in [0.717, 1.165) is 32.7 Å². The van der Waals surface area contributed by atoms with Gasteiger partial charge in [0.15, 0.2) is 0 Å². The van der Waals surface area contributed by atoms with Gasteiger partial charge in [0.05, 0.1) is 0 Å². The number of hydrogen-bond donors (Lipinski definition) is 1. The molecule has 0 radical (unpaired) electrons.